The number of esters is 1. The maximum atomic E-state index is 12.4. The zero-order chi connectivity index (χ0) is 19.4. The molecule has 0 saturated heterocycles. The molecule has 0 bridgehead atoms. The number of allylic oxidation sites excluding steroid dienone is 1. The fourth-order valence-corrected chi connectivity index (χ4v) is 3.85. The van der Waals surface area contributed by atoms with Crippen molar-refractivity contribution in [3.05, 3.63) is 53.6 Å². The quantitative estimate of drug-likeness (QED) is 0.468. The molecule has 144 valence electrons. The number of hydrogen-bond acceptors (Lipinski definition) is 2. The summed E-state index contributed by atoms with van der Waals surface area (Å²) in [6, 6.07) is 12.8. The summed E-state index contributed by atoms with van der Waals surface area (Å²) in [6.45, 7) is 8.88. The molecule has 2 aromatic carbocycles. The van der Waals surface area contributed by atoms with E-state index in [4.69, 9.17) is 4.74 Å². The molecule has 1 atom stereocenters. The Bertz CT molecular complexity index is 824. The van der Waals surface area contributed by atoms with Crippen LogP contribution in [0.4, 0.5) is 0 Å². The first-order valence-corrected chi connectivity index (χ1v) is 10.4. The molecule has 2 nitrogen and oxygen atoms in total. The average Bonchev–Trinajstić information content (AvgIpc) is 2.62. The lowest BCUT2D eigenvalue weighted by molar-refractivity contribution is -0.147. The van der Waals surface area contributed by atoms with E-state index in [2.05, 4.69) is 70.2 Å². The number of carbonyl (C=O) groups excluding carboxylic acids is 1. The van der Waals surface area contributed by atoms with Gasteiger partial charge in [-0.25, -0.2) is 0 Å². The van der Waals surface area contributed by atoms with Gasteiger partial charge < -0.3 is 4.74 Å². The van der Waals surface area contributed by atoms with Crippen molar-refractivity contribution in [2.75, 3.05) is 0 Å². The van der Waals surface area contributed by atoms with Crippen LogP contribution in [0.2, 0.25) is 0 Å². The lowest BCUT2D eigenvalue weighted by Crippen LogP contribution is -2.14. The highest BCUT2D eigenvalue weighted by Crippen LogP contribution is 2.41. The predicted molar refractivity (Wildman–Crippen MR) is 114 cm³/mol. The highest BCUT2D eigenvalue weighted by atomic mass is 16.5. The van der Waals surface area contributed by atoms with Crippen LogP contribution < -0.4 is 0 Å². The van der Waals surface area contributed by atoms with Crippen LogP contribution in [0.15, 0.2) is 42.5 Å². The van der Waals surface area contributed by atoms with Gasteiger partial charge in [-0.2, -0.15) is 0 Å². The van der Waals surface area contributed by atoms with Crippen molar-refractivity contribution in [1.29, 1.82) is 0 Å². The smallest absolute Gasteiger partial charge is 0.306 e. The van der Waals surface area contributed by atoms with Gasteiger partial charge in [0.2, 0.25) is 0 Å². The maximum absolute atomic E-state index is 12.4. The molecule has 0 heterocycles. The Morgan fingerprint density at radius 2 is 1.70 bits per heavy atom. The van der Waals surface area contributed by atoms with Crippen LogP contribution in [-0.2, 0) is 9.53 Å². The molecule has 27 heavy (non-hydrogen) atoms. The lowest BCUT2D eigenvalue weighted by Gasteiger charge is -2.26. The SMILES string of the molecule is CC(C)CCCC(=O)OC1C=C(CCC(C)C)c2cccc3cccc1c23. The van der Waals surface area contributed by atoms with Crippen LogP contribution in [0, 0.1) is 11.8 Å². The highest BCUT2D eigenvalue weighted by molar-refractivity contribution is 5.98. The van der Waals surface area contributed by atoms with E-state index < -0.39 is 0 Å². The Morgan fingerprint density at radius 1 is 1.00 bits per heavy atom. The Labute approximate surface area is 163 Å². The van der Waals surface area contributed by atoms with Crippen molar-refractivity contribution in [2.45, 2.75) is 65.9 Å². The van der Waals surface area contributed by atoms with Crippen molar-refractivity contribution in [3.63, 3.8) is 0 Å². The van der Waals surface area contributed by atoms with Crippen LogP contribution >= 0.6 is 0 Å². The minimum absolute atomic E-state index is 0.0866. The second-order valence-electron chi connectivity index (χ2n) is 8.57. The van der Waals surface area contributed by atoms with E-state index in [1.165, 1.54) is 21.9 Å². The molecule has 1 aliphatic rings. The summed E-state index contributed by atoms with van der Waals surface area (Å²) in [6.07, 6.45) is 6.53. The second-order valence-corrected chi connectivity index (χ2v) is 8.57. The third kappa shape index (κ3) is 4.80. The molecule has 0 N–H and O–H groups in total. The van der Waals surface area contributed by atoms with Crippen molar-refractivity contribution < 1.29 is 9.53 Å². The van der Waals surface area contributed by atoms with Gasteiger partial charge in [0.1, 0.15) is 6.10 Å². The second kappa shape index (κ2) is 8.73. The molecule has 0 spiro atoms. The van der Waals surface area contributed by atoms with Crippen LogP contribution in [0.25, 0.3) is 16.3 Å². The first-order chi connectivity index (χ1) is 13.0. The third-order valence-electron chi connectivity index (χ3n) is 5.35. The van der Waals surface area contributed by atoms with Gasteiger partial charge in [-0.05, 0) is 59.1 Å². The maximum Gasteiger partial charge on any atom is 0.306 e. The van der Waals surface area contributed by atoms with E-state index in [-0.39, 0.29) is 12.1 Å². The molecule has 0 radical (unpaired) electrons. The zero-order valence-electron chi connectivity index (χ0n) is 17.1. The molecule has 2 aromatic rings. The summed E-state index contributed by atoms with van der Waals surface area (Å²) in [5, 5.41) is 2.47. The van der Waals surface area contributed by atoms with Gasteiger partial charge in [-0.3, -0.25) is 4.79 Å². The van der Waals surface area contributed by atoms with Crippen molar-refractivity contribution >= 4 is 22.3 Å². The summed E-state index contributed by atoms with van der Waals surface area (Å²) >= 11 is 0. The van der Waals surface area contributed by atoms with Crippen LogP contribution in [0.3, 0.4) is 0 Å². The lowest BCUT2D eigenvalue weighted by atomic mass is 9.84. The first-order valence-electron chi connectivity index (χ1n) is 10.4. The number of benzene rings is 2. The zero-order valence-corrected chi connectivity index (χ0v) is 17.1. The van der Waals surface area contributed by atoms with Gasteiger partial charge in [0, 0.05) is 12.0 Å². The summed E-state index contributed by atoms with van der Waals surface area (Å²) in [5.41, 5.74) is 3.73. The van der Waals surface area contributed by atoms with Gasteiger partial charge in [0.25, 0.3) is 0 Å². The van der Waals surface area contributed by atoms with Gasteiger partial charge in [0.15, 0.2) is 0 Å². The number of carbonyl (C=O) groups is 1. The van der Waals surface area contributed by atoms with Crippen LogP contribution in [0.1, 0.15) is 77.0 Å². The van der Waals surface area contributed by atoms with E-state index in [9.17, 15) is 4.79 Å². The molecule has 0 amide bonds. The Morgan fingerprint density at radius 3 is 2.41 bits per heavy atom. The molecule has 0 fully saturated rings. The summed E-state index contributed by atoms with van der Waals surface area (Å²) in [7, 11) is 0. The fourth-order valence-electron chi connectivity index (χ4n) is 3.85. The van der Waals surface area contributed by atoms with Crippen molar-refractivity contribution in [1.82, 2.24) is 0 Å². The normalized spacial score (nSPS) is 16.1. The van der Waals surface area contributed by atoms with Gasteiger partial charge in [-0.15, -0.1) is 0 Å². The molecule has 1 unspecified atom stereocenters. The van der Waals surface area contributed by atoms with Gasteiger partial charge >= 0.3 is 5.97 Å². The third-order valence-corrected chi connectivity index (χ3v) is 5.35. The Hall–Kier alpha value is -2.09. The molecule has 0 saturated carbocycles. The first kappa shape index (κ1) is 19.7. The summed E-state index contributed by atoms with van der Waals surface area (Å²) in [5.74, 6) is 1.19. The monoisotopic (exact) mass is 364 g/mol. The van der Waals surface area contributed by atoms with Crippen molar-refractivity contribution in [2.24, 2.45) is 11.8 Å². The summed E-state index contributed by atoms with van der Waals surface area (Å²) < 4.78 is 5.94. The standard InChI is InChI=1S/C25H32O2/c1-17(2)8-5-13-24(26)27-23-16-20(15-14-18(3)4)21-11-6-9-19-10-7-12-22(23)25(19)21/h6-7,9-12,16-18,23H,5,8,13-15H2,1-4H3. The number of ether oxygens (including phenoxy) is 1. The molecule has 3 rings (SSSR count). The molecular weight excluding hydrogens is 332 g/mol. The highest BCUT2D eigenvalue weighted by Gasteiger charge is 2.24. The van der Waals surface area contributed by atoms with Gasteiger partial charge in [0.05, 0.1) is 0 Å². The predicted octanol–water partition coefficient (Wildman–Crippen LogP) is 7.08. The molecule has 0 aromatic heterocycles. The topological polar surface area (TPSA) is 26.3 Å². The van der Waals surface area contributed by atoms with E-state index in [0.717, 1.165) is 31.2 Å². The molecule has 0 aliphatic heterocycles. The molecular formula is C25H32O2. The van der Waals surface area contributed by atoms with E-state index in [0.29, 0.717) is 18.3 Å². The molecule has 1 aliphatic carbocycles. The van der Waals surface area contributed by atoms with Crippen molar-refractivity contribution in [3.8, 4) is 0 Å². The van der Waals surface area contributed by atoms with E-state index in [1.54, 1.807) is 0 Å². The largest absolute Gasteiger partial charge is 0.453 e. The van der Waals surface area contributed by atoms with E-state index >= 15 is 0 Å². The fraction of sp³-hybridized carbons (Fsp3) is 0.480. The number of hydrogen-bond donors (Lipinski definition) is 0. The number of rotatable bonds is 8. The molecule has 2 heteroatoms. The van der Waals surface area contributed by atoms with E-state index in [1.807, 2.05) is 0 Å². The Kier molecular flexibility index (Phi) is 6.36. The van der Waals surface area contributed by atoms with Crippen LogP contribution in [0.5, 0.6) is 0 Å². The van der Waals surface area contributed by atoms with Gasteiger partial charge in [-0.1, -0.05) is 70.5 Å². The Balaban J connectivity index is 1.87. The minimum Gasteiger partial charge on any atom is -0.453 e. The summed E-state index contributed by atoms with van der Waals surface area (Å²) in [4.78, 5) is 12.4. The minimum atomic E-state index is -0.266. The van der Waals surface area contributed by atoms with Crippen LogP contribution in [-0.4, -0.2) is 5.97 Å². The average molecular weight is 365 g/mol.